The van der Waals surface area contributed by atoms with Gasteiger partial charge in [-0.25, -0.2) is 9.97 Å². The summed E-state index contributed by atoms with van der Waals surface area (Å²) in [7, 11) is 0. The van der Waals surface area contributed by atoms with Crippen LogP contribution < -0.4 is 0 Å². The second-order valence-corrected chi connectivity index (χ2v) is 9.95. The SMILES string of the molecule is CC(C)CCC(=O)N1C2CCC1CN(Cc1c(-c3ccc(Cl)cc3)nc3ncccn13)C2. The van der Waals surface area contributed by atoms with Crippen LogP contribution in [-0.2, 0) is 11.3 Å². The van der Waals surface area contributed by atoms with Gasteiger partial charge in [-0.2, -0.15) is 0 Å². The molecule has 3 aromatic rings. The molecule has 0 radical (unpaired) electrons. The average molecular weight is 452 g/mol. The largest absolute Gasteiger partial charge is 0.334 e. The van der Waals surface area contributed by atoms with E-state index >= 15 is 0 Å². The van der Waals surface area contributed by atoms with Crippen LogP contribution in [-0.4, -0.2) is 55.2 Å². The maximum Gasteiger partial charge on any atom is 0.234 e. The Morgan fingerprint density at radius 2 is 1.88 bits per heavy atom. The van der Waals surface area contributed by atoms with E-state index in [9.17, 15) is 4.79 Å². The minimum Gasteiger partial charge on any atom is -0.334 e. The number of amides is 1. The van der Waals surface area contributed by atoms with Crippen LogP contribution in [0.15, 0.2) is 42.7 Å². The van der Waals surface area contributed by atoms with Crippen molar-refractivity contribution in [1.29, 1.82) is 0 Å². The van der Waals surface area contributed by atoms with Gasteiger partial charge in [0.1, 0.15) is 0 Å². The summed E-state index contributed by atoms with van der Waals surface area (Å²) in [5.41, 5.74) is 3.12. The number of halogens is 1. The third-order valence-corrected chi connectivity index (χ3v) is 7.03. The monoisotopic (exact) mass is 451 g/mol. The number of piperazine rings is 1. The van der Waals surface area contributed by atoms with Crippen molar-refractivity contribution in [1.82, 2.24) is 24.2 Å². The molecular formula is C25H30ClN5O. The summed E-state index contributed by atoms with van der Waals surface area (Å²) < 4.78 is 2.09. The maximum atomic E-state index is 12.9. The summed E-state index contributed by atoms with van der Waals surface area (Å²) in [5, 5.41) is 0.715. The van der Waals surface area contributed by atoms with E-state index < -0.39 is 0 Å². The zero-order chi connectivity index (χ0) is 22.2. The number of aromatic nitrogens is 3. The van der Waals surface area contributed by atoms with Gasteiger partial charge in [0.15, 0.2) is 0 Å². The van der Waals surface area contributed by atoms with E-state index in [-0.39, 0.29) is 0 Å². The molecule has 7 heteroatoms. The van der Waals surface area contributed by atoms with E-state index in [0.717, 1.165) is 55.8 Å². The van der Waals surface area contributed by atoms with Crippen LogP contribution in [0, 0.1) is 5.92 Å². The average Bonchev–Trinajstić information content (AvgIpc) is 3.27. The Bertz CT molecular complexity index is 1100. The summed E-state index contributed by atoms with van der Waals surface area (Å²) in [6, 6.07) is 10.4. The smallest absolute Gasteiger partial charge is 0.234 e. The Labute approximate surface area is 194 Å². The first-order valence-electron chi connectivity index (χ1n) is 11.6. The van der Waals surface area contributed by atoms with Gasteiger partial charge < -0.3 is 4.90 Å². The molecule has 2 fully saturated rings. The first kappa shape index (κ1) is 21.4. The highest BCUT2D eigenvalue weighted by Crippen LogP contribution is 2.33. The Hall–Kier alpha value is -2.44. The van der Waals surface area contributed by atoms with Crippen LogP contribution in [0.4, 0.5) is 0 Å². The molecule has 1 aromatic carbocycles. The third kappa shape index (κ3) is 4.14. The van der Waals surface area contributed by atoms with E-state index in [2.05, 4.69) is 33.0 Å². The number of nitrogens with zero attached hydrogens (tertiary/aromatic N) is 5. The summed E-state index contributed by atoms with van der Waals surface area (Å²) in [5.74, 6) is 1.61. The molecule has 32 heavy (non-hydrogen) atoms. The summed E-state index contributed by atoms with van der Waals surface area (Å²) in [6.07, 6.45) is 7.66. The molecule has 2 aromatic heterocycles. The van der Waals surface area contributed by atoms with Crippen LogP contribution in [0.2, 0.25) is 5.02 Å². The van der Waals surface area contributed by atoms with Gasteiger partial charge in [0.05, 0.1) is 11.4 Å². The molecule has 0 saturated carbocycles. The molecule has 2 atom stereocenters. The van der Waals surface area contributed by atoms with Gasteiger partial charge in [-0.15, -0.1) is 0 Å². The zero-order valence-electron chi connectivity index (χ0n) is 18.7. The molecule has 0 aliphatic carbocycles. The number of carbonyl (C=O) groups excluding carboxylic acids is 1. The minimum absolute atomic E-state index is 0.324. The van der Waals surface area contributed by atoms with Crippen molar-refractivity contribution in [3.8, 4) is 11.3 Å². The lowest BCUT2D eigenvalue weighted by atomic mass is 10.1. The van der Waals surface area contributed by atoms with Crippen LogP contribution >= 0.6 is 11.6 Å². The second-order valence-electron chi connectivity index (χ2n) is 9.52. The lowest BCUT2D eigenvalue weighted by Gasteiger charge is -2.41. The minimum atomic E-state index is 0.324. The van der Waals surface area contributed by atoms with Crippen molar-refractivity contribution in [3.05, 3.63) is 53.4 Å². The van der Waals surface area contributed by atoms with E-state index in [1.54, 1.807) is 6.20 Å². The molecule has 168 valence electrons. The first-order chi connectivity index (χ1) is 15.5. The van der Waals surface area contributed by atoms with Gasteiger partial charge in [0, 0.05) is 61.1 Å². The Kier molecular flexibility index (Phi) is 5.91. The standard InChI is InChI=1S/C25H30ClN5O/c1-17(2)4-11-23(32)31-20-9-10-21(31)15-29(14-20)16-22-24(18-5-7-19(26)8-6-18)28-25-27-12-3-13-30(22)25/h3,5-8,12-13,17,20-21H,4,9-11,14-16H2,1-2H3. The van der Waals surface area contributed by atoms with Gasteiger partial charge in [0.25, 0.3) is 0 Å². The first-order valence-corrected chi connectivity index (χ1v) is 12.0. The van der Waals surface area contributed by atoms with Gasteiger partial charge >= 0.3 is 0 Å². The molecular weight excluding hydrogens is 422 g/mol. The quantitative estimate of drug-likeness (QED) is 0.547. The maximum absolute atomic E-state index is 12.9. The summed E-state index contributed by atoms with van der Waals surface area (Å²) in [4.78, 5) is 26.9. The molecule has 2 bridgehead atoms. The van der Waals surface area contributed by atoms with Gasteiger partial charge in [-0.1, -0.05) is 37.6 Å². The number of carbonyl (C=O) groups is 1. The van der Waals surface area contributed by atoms with Gasteiger partial charge in [0.2, 0.25) is 11.7 Å². The van der Waals surface area contributed by atoms with Crippen molar-refractivity contribution in [2.45, 2.75) is 58.2 Å². The van der Waals surface area contributed by atoms with Crippen LogP contribution in [0.5, 0.6) is 0 Å². The van der Waals surface area contributed by atoms with Crippen molar-refractivity contribution in [2.24, 2.45) is 5.92 Å². The number of benzene rings is 1. The van der Waals surface area contributed by atoms with Crippen molar-refractivity contribution < 1.29 is 4.79 Å². The van der Waals surface area contributed by atoms with Crippen molar-refractivity contribution in [3.63, 3.8) is 0 Å². The number of hydrogen-bond acceptors (Lipinski definition) is 4. The molecule has 2 aliphatic heterocycles. The predicted octanol–water partition coefficient (Wildman–Crippen LogP) is 4.66. The summed E-state index contributed by atoms with van der Waals surface area (Å²) in [6.45, 7) is 6.98. The Morgan fingerprint density at radius 3 is 2.56 bits per heavy atom. The van der Waals surface area contributed by atoms with Crippen LogP contribution in [0.25, 0.3) is 17.0 Å². The highest BCUT2D eigenvalue weighted by Gasteiger charge is 2.42. The zero-order valence-corrected chi connectivity index (χ0v) is 19.5. The molecule has 0 N–H and O–H groups in total. The second kappa shape index (κ2) is 8.83. The molecule has 4 heterocycles. The fraction of sp³-hybridized carbons (Fsp3) is 0.480. The molecule has 6 nitrogen and oxygen atoms in total. The molecule has 2 aliphatic rings. The number of hydrogen-bond donors (Lipinski definition) is 0. The van der Waals surface area contributed by atoms with E-state index in [0.29, 0.717) is 41.1 Å². The highest BCUT2D eigenvalue weighted by atomic mass is 35.5. The van der Waals surface area contributed by atoms with E-state index in [1.165, 1.54) is 0 Å². The predicted molar refractivity (Wildman–Crippen MR) is 126 cm³/mol. The highest BCUT2D eigenvalue weighted by molar-refractivity contribution is 6.30. The summed E-state index contributed by atoms with van der Waals surface area (Å²) >= 11 is 6.11. The van der Waals surface area contributed by atoms with E-state index in [4.69, 9.17) is 16.6 Å². The molecule has 2 unspecified atom stereocenters. The lowest BCUT2D eigenvalue weighted by molar-refractivity contribution is -0.137. The topological polar surface area (TPSA) is 53.7 Å². The number of fused-ring (bicyclic) bond motifs is 3. The normalized spacial score (nSPS) is 21.1. The van der Waals surface area contributed by atoms with Gasteiger partial charge in [-0.3, -0.25) is 14.1 Å². The number of likely N-dealkylation sites (tertiary alicyclic amines) is 1. The van der Waals surface area contributed by atoms with Gasteiger partial charge in [-0.05, 0) is 43.4 Å². The van der Waals surface area contributed by atoms with E-state index in [1.807, 2.05) is 36.5 Å². The molecule has 1 amide bonds. The van der Waals surface area contributed by atoms with Crippen LogP contribution in [0.3, 0.4) is 0 Å². The molecule has 5 rings (SSSR count). The molecule has 0 spiro atoms. The lowest BCUT2D eigenvalue weighted by Crippen LogP contribution is -2.55. The Balaban J connectivity index is 1.38. The van der Waals surface area contributed by atoms with Crippen LogP contribution in [0.1, 0.15) is 45.2 Å². The number of imidazole rings is 1. The molecule has 2 saturated heterocycles. The third-order valence-electron chi connectivity index (χ3n) is 6.77. The number of rotatable bonds is 6. The fourth-order valence-corrected chi connectivity index (χ4v) is 5.33. The van der Waals surface area contributed by atoms with Crippen molar-refractivity contribution in [2.75, 3.05) is 13.1 Å². The fourth-order valence-electron chi connectivity index (χ4n) is 5.20. The van der Waals surface area contributed by atoms with Crippen molar-refractivity contribution >= 4 is 23.3 Å². The Morgan fingerprint density at radius 1 is 1.16 bits per heavy atom.